The summed E-state index contributed by atoms with van der Waals surface area (Å²) in [7, 11) is 0. The highest BCUT2D eigenvalue weighted by atomic mass is 16.5. The Bertz CT molecular complexity index is 233. The Hall–Kier alpha value is -0.790. The number of hydrogen-bond acceptors (Lipinski definition) is 2. The zero-order valence-corrected chi connectivity index (χ0v) is 13.1. The Morgan fingerprint density at radius 1 is 1.16 bits per heavy atom. The van der Waals surface area contributed by atoms with Crippen molar-refractivity contribution < 1.29 is 9.53 Å². The first kappa shape index (κ1) is 18.2. The third-order valence-electron chi connectivity index (χ3n) is 3.52. The molecule has 1 unspecified atom stereocenters. The first-order valence-electron chi connectivity index (χ1n) is 7.91. The van der Waals surface area contributed by atoms with Gasteiger partial charge < -0.3 is 4.74 Å². The molecule has 0 saturated carbocycles. The summed E-state index contributed by atoms with van der Waals surface area (Å²) in [6.07, 6.45) is 10.9. The molecular formula is C17H32O2. The molecule has 0 saturated heterocycles. The maximum Gasteiger partial charge on any atom is 0.309 e. The molecule has 0 bridgehead atoms. The zero-order valence-electron chi connectivity index (χ0n) is 13.1. The summed E-state index contributed by atoms with van der Waals surface area (Å²) >= 11 is 0. The molecule has 1 atom stereocenters. The van der Waals surface area contributed by atoms with Crippen molar-refractivity contribution in [1.29, 1.82) is 0 Å². The summed E-state index contributed by atoms with van der Waals surface area (Å²) in [5.74, 6) is 0.466. The van der Waals surface area contributed by atoms with Crippen LogP contribution in [-0.4, -0.2) is 12.6 Å². The molecule has 0 heterocycles. The summed E-state index contributed by atoms with van der Waals surface area (Å²) in [6.45, 7) is 10.6. The van der Waals surface area contributed by atoms with E-state index in [1.165, 1.54) is 19.3 Å². The predicted octanol–water partition coefficient (Wildman–Crippen LogP) is 5.13. The molecule has 0 amide bonds. The van der Waals surface area contributed by atoms with Crippen molar-refractivity contribution in [1.82, 2.24) is 0 Å². The molecule has 2 heteroatoms. The van der Waals surface area contributed by atoms with Crippen molar-refractivity contribution >= 4 is 5.97 Å². The van der Waals surface area contributed by atoms with Crippen LogP contribution in [0.4, 0.5) is 0 Å². The maximum atomic E-state index is 12.0. The first-order valence-corrected chi connectivity index (χ1v) is 7.91. The van der Waals surface area contributed by atoms with Gasteiger partial charge in [0.05, 0.1) is 12.5 Å². The van der Waals surface area contributed by atoms with Crippen molar-refractivity contribution in [2.75, 3.05) is 6.61 Å². The van der Waals surface area contributed by atoms with Crippen molar-refractivity contribution in [3.8, 4) is 0 Å². The quantitative estimate of drug-likeness (QED) is 0.279. The molecule has 0 aliphatic heterocycles. The van der Waals surface area contributed by atoms with Gasteiger partial charge in [-0.15, -0.1) is 6.58 Å². The average Bonchev–Trinajstić information content (AvgIpc) is 2.37. The summed E-state index contributed by atoms with van der Waals surface area (Å²) in [5, 5.41) is 0. The van der Waals surface area contributed by atoms with Crippen molar-refractivity contribution in [3.05, 3.63) is 12.7 Å². The molecule has 0 rings (SSSR count). The summed E-state index contributed by atoms with van der Waals surface area (Å²) in [5.41, 5.74) is 0. The number of esters is 1. The molecule has 0 spiro atoms. The van der Waals surface area contributed by atoms with Gasteiger partial charge in [0, 0.05) is 0 Å². The summed E-state index contributed by atoms with van der Waals surface area (Å²) in [4.78, 5) is 12.0. The number of carbonyl (C=O) groups is 1. The monoisotopic (exact) mass is 268 g/mol. The van der Waals surface area contributed by atoms with Crippen LogP contribution in [0.15, 0.2) is 12.7 Å². The van der Waals surface area contributed by atoms with Crippen LogP contribution in [-0.2, 0) is 9.53 Å². The smallest absolute Gasteiger partial charge is 0.309 e. The molecule has 0 fully saturated rings. The van der Waals surface area contributed by atoms with Crippen LogP contribution in [0, 0.1) is 11.8 Å². The van der Waals surface area contributed by atoms with Crippen LogP contribution in [0.2, 0.25) is 0 Å². The summed E-state index contributed by atoms with van der Waals surface area (Å²) < 4.78 is 5.35. The lowest BCUT2D eigenvalue weighted by molar-refractivity contribution is -0.150. The Balaban J connectivity index is 3.84. The second-order valence-corrected chi connectivity index (χ2v) is 5.65. The van der Waals surface area contributed by atoms with E-state index in [9.17, 15) is 4.79 Å². The SMILES string of the molecule is C=CCCCCCCC(C(=O)OCCCC)C(C)C. The minimum atomic E-state index is 0.00883. The topological polar surface area (TPSA) is 26.3 Å². The van der Waals surface area contributed by atoms with E-state index in [-0.39, 0.29) is 11.9 Å². The molecular weight excluding hydrogens is 236 g/mol. The van der Waals surface area contributed by atoms with Gasteiger partial charge >= 0.3 is 5.97 Å². The van der Waals surface area contributed by atoms with Crippen LogP contribution in [0.5, 0.6) is 0 Å². The van der Waals surface area contributed by atoms with Gasteiger partial charge in [-0.1, -0.05) is 52.5 Å². The molecule has 19 heavy (non-hydrogen) atoms. The van der Waals surface area contributed by atoms with Gasteiger partial charge in [-0.25, -0.2) is 0 Å². The fourth-order valence-corrected chi connectivity index (χ4v) is 2.15. The number of ether oxygens (including phenoxy) is 1. The summed E-state index contributed by atoms with van der Waals surface area (Å²) in [6, 6.07) is 0. The van der Waals surface area contributed by atoms with Gasteiger partial charge in [-0.05, 0) is 31.6 Å². The van der Waals surface area contributed by atoms with E-state index in [1.54, 1.807) is 0 Å². The molecule has 112 valence electrons. The minimum absolute atomic E-state index is 0.00883. The lowest BCUT2D eigenvalue weighted by Crippen LogP contribution is -2.23. The third kappa shape index (κ3) is 9.75. The van der Waals surface area contributed by atoms with Crippen molar-refractivity contribution in [2.45, 2.75) is 72.1 Å². The highest BCUT2D eigenvalue weighted by Gasteiger charge is 2.22. The fraction of sp³-hybridized carbons (Fsp3) is 0.824. The van der Waals surface area contributed by atoms with E-state index in [2.05, 4.69) is 27.4 Å². The van der Waals surface area contributed by atoms with Gasteiger partial charge in [0.15, 0.2) is 0 Å². The standard InChI is InChI=1S/C17H32O2/c1-5-7-9-10-11-12-13-16(15(3)4)17(18)19-14-8-6-2/h5,15-16H,1,6-14H2,2-4H3. The first-order chi connectivity index (χ1) is 9.13. The second-order valence-electron chi connectivity index (χ2n) is 5.65. The van der Waals surface area contributed by atoms with E-state index >= 15 is 0 Å². The van der Waals surface area contributed by atoms with E-state index in [0.29, 0.717) is 12.5 Å². The van der Waals surface area contributed by atoms with Crippen LogP contribution in [0.25, 0.3) is 0 Å². The predicted molar refractivity (Wildman–Crippen MR) is 82.1 cm³/mol. The molecule has 0 aromatic carbocycles. The van der Waals surface area contributed by atoms with Crippen LogP contribution >= 0.6 is 0 Å². The van der Waals surface area contributed by atoms with Crippen molar-refractivity contribution in [2.24, 2.45) is 11.8 Å². The minimum Gasteiger partial charge on any atom is -0.465 e. The van der Waals surface area contributed by atoms with Crippen molar-refractivity contribution in [3.63, 3.8) is 0 Å². The lowest BCUT2D eigenvalue weighted by Gasteiger charge is -2.19. The molecule has 2 nitrogen and oxygen atoms in total. The fourth-order valence-electron chi connectivity index (χ4n) is 2.15. The molecule has 0 aliphatic carbocycles. The van der Waals surface area contributed by atoms with Gasteiger partial charge in [0.25, 0.3) is 0 Å². The van der Waals surface area contributed by atoms with Gasteiger partial charge in [-0.2, -0.15) is 0 Å². The Kier molecular flexibility index (Phi) is 11.7. The van der Waals surface area contributed by atoms with Gasteiger partial charge in [0.2, 0.25) is 0 Å². The van der Waals surface area contributed by atoms with Crippen LogP contribution in [0.1, 0.15) is 72.1 Å². The van der Waals surface area contributed by atoms with Gasteiger partial charge in [0.1, 0.15) is 0 Å². The Labute approximate surface area is 119 Å². The largest absolute Gasteiger partial charge is 0.465 e. The number of unbranched alkanes of at least 4 members (excludes halogenated alkanes) is 5. The number of hydrogen-bond donors (Lipinski definition) is 0. The molecule has 0 radical (unpaired) electrons. The average molecular weight is 268 g/mol. The highest BCUT2D eigenvalue weighted by molar-refractivity contribution is 5.72. The second kappa shape index (κ2) is 12.3. The molecule has 0 aromatic rings. The lowest BCUT2D eigenvalue weighted by atomic mass is 9.90. The van der Waals surface area contributed by atoms with E-state index in [1.807, 2.05) is 6.08 Å². The maximum absolute atomic E-state index is 12.0. The number of rotatable bonds is 12. The third-order valence-corrected chi connectivity index (χ3v) is 3.52. The molecule has 0 aromatic heterocycles. The van der Waals surface area contributed by atoms with E-state index < -0.39 is 0 Å². The Morgan fingerprint density at radius 2 is 1.84 bits per heavy atom. The highest BCUT2D eigenvalue weighted by Crippen LogP contribution is 2.21. The van der Waals surface area contributed by atoms with E-state index in [4.69, 9.17) is 4.74 Å². The normalized spacial score (nSPS) is 12.4. The Morgan fingerprint density at radius 3 is 2.42 bits per heavy atom. The van der Waals surface area contributed by atoms with Gasteiger partial charge in [-0.3, -0.25) is 4.79 Å². The number of allylic oxidation sites excluding steroid dienone is 1. The van der Waals surface area contributed by atoms with E-state index in [0.717, 1.165) is 32.1 Å². The number of carbonyl (C=O) groups excluding carboxylic acids is 1. The zero-order chi connectivity index (χ0) is 14.5. The van der Waals surface area contributed by atoms with Crippen LogP contribution < -0.4 is 0 Å². The molecule has 0 N–H and O–H groups in total. The van der Waals surface area contributed by atoms with Crippen LogP contribution in [0.3, 0.4) is 0 Å². The molecule has 0 aliphatic rings.